The van der Waals surface area contributed by atoms with Crippen LogP contribution in [-0.2, 0) is 5.41 Å². The average molecular weight is 202 g/mol. The first-order chi connectivity index (χ1) is 7.29. The number of benzene rings is 1. The number of rotatable bonds is 3. The van der Waals surface area contributed by atoms with Crippen LogP contribution in [0.15, 0.2) is 43.0 Å². The lowest BCUT2D eigenvalue weighted by Crippen LogP contribution is -2.35. The molecule has 1 fully saturated rings. The highest BCUT2D eigenvalue weighted by Crippen LogP contribution is 2.43. The monoisotopic (exact) mass is 202 g/mol. The number of aliphatic hydroxyl groups is 1. The van der Waals surface area contributed by atoms with Gasteiger partial charge in [-0.2, -0.15) is 0 Å². The largest absolute Gasteiger partial charge is 0.388 e. The van der Waals surface area contributed by atoms with Crippen LogP contribution in [0, 0.1) is 0 Å². The van der Waals surface area contributed by atoms with E-state index in [9.17, 15) is 5.11 Å². The molecule has 0 bridgehead atoms. The van der Waals surface area contributed by atoms with Gasteiger partial charge in [-0.3, -0.25) is 0 Å². The third-order valence-electron chi connectivity index (χ3n) is 3.63. The van der Waals surface area contributed by atoms with Gasteiger partial charge in [-0.15, -0.1) is 6.58 Å². The highest BCUT2D eigenvalue weighted by molar-refractivity contribution is 5.29. The second-order valence-corrected chi connectivity index (χ2v) is 4.41. The van der Waals surface area contributed by atoms with Crippen LogP contribution in [0.25, 0.3) is 0 Å². The van der Waals surface area contributed by atoms with Gasteiger partial charge in [-0.05, 0) is 18.4 Å². The van der Waals surface area contributed by atoms with Gasteiger partial charge < -0.3 is 5.11 Å². The van der Waals surface area contributed by atoms with E-state index in [-0.39, 0.29) is 5.41 Å². The predicted molar refractivity (Wildman–Crippen MR) is 62.8 cm³/mol. The highest BCUT2D eigenvalue weighted by Gasteiger charge is 2.40. The molecule has 1 aliphatic carbocycles. The maximum absolute atomic E-state index is 10.1. The van der Waals surface area contributed by atoms with Crippen LogP contribution < -0.4 is 0 Å². The van der Waals surface area contributed by atoms with Crippen LogP contribution >= 0.6 is 0 Å². The smallest absolute Gasteiger partial charge is 0.0814 e. The molecule has 1 atom stereocenters. The Morgan fingerprint density at radius 3 is 2.33 bits per heavy atom. The molecular formula is C14H18O. The van der Waals surface area contributed by atoms with E-state index in [0.29, 0.717) is 0 Å². The van der Waals surface area contributed by atoms with E-state index in [0.717, 1.165) is 12.8 Å². The molecule has 1 nitrogen and oxygen atoms in total. The first-order valence-electron chi connectivity index (χ1n) is 5.66. The van der Waals surface area contributed by atoms with E-state index in [2.05, 4.69) is 18.7 Å². The van der Waals surface area contributed by atoms with Gasteiger partial charge in [0, 0.05) is 5.41 Å². The van der Waals surface area contributed by atoms with Crippen molar-refractivity contribution < 1.29 is 5.11 Å². The summed E-state index contributed by atoms with van der Waals surface area (Å²) in [5.41, 5.74) is 1.19. The van der Waals surface area contributed by atoms with Gasteiger partial charge in [0.2, 0.25) is 0 Å². The van der Waals surface area contributed by atoms with Crippen LogP contribution in [0.4, 0.5) is 0 Å². The lowest BCUT2D eigenvalue weighted by Gasteiger charge is -2.33. The summed E-state index contributed by atoms with van der Waals surface area (Å²) in [6.45, 7) is 3.73. The van der Waals surface area contributed by atoms with Gasteiger partial charge in [0.05, 0.1) is 6.10 Å². The minimum Gasteiger partial charge on any atom is -0.388 e. The summed E-state index contributed by atoms with van der Waals surface area (Å²) in [7, 11) is 0. The Hall–Kier alpha value is -1.08. The van der Waals surface area contributed by atoms with E-state index >= 15 is 0 Å². The zero-order valence-electron chi connectivity index (χ0n) is 9.02. The highest BCUT2D eigenvalue weighted by atomic mass is 16.3. The Balaban J connectivity index is 2.39. The summed E-state index contributed by atoms with van der Waals surface area (Å²) >= 11 is 0. The van der Waals surface area contributed by atoms with E-state index in [1.165, 1.54) is 18.4 Å². The normalized spacial score (nSPS) is 21.1. The van der Waals surface area contributed by atoms with E-state index in [4.69, 9.17) is 0 Å². The molecule has 1 saturated carbocycles. The van der Waals surface area contributed by atoms with Crippen molar-refractivity contribution in [1.82, 2.24) is 0 Å². The summed E-state index contributed by atoms with van der Waals surface area (Å²) in [6, 6.07) is 10.4. The fourth-order valence-corrected chi connectivity index (χ4v) is 2.76. The summed E-state index contributed by atoms with van der Waals surface area (Å²) in [5.74, 6) is 0. The molecule has 0 amide bonds. The molecule has 0 heterocycles. The molecule has 0 radical (unpaired) electrons. The molecule has 0 spiro atoms. The average Bonchev–Trinajstić information content (AvgIpc) is 2.79. The summed E-state index contributed by atoms with van der Waals surface area (Å²) < 4.78 is 0. The molecule has 0 saturated heterocycles. The second-order valence-electron chi connectivity index (χ2n) is 4.41. The number of aliphatic hydroxyl groups excluding tert-OH is 1. The van der Waals surface area contributed by atoms with Crippen LogP contribution in [0.1, 0.15) is 31.2 Å². The van der Waals surface area contributed by atoms with Gasteiger partial charge in [0.1, 0.15) is 0 Å². The zero-order chi connectivity index (χ0) is 10.7. The molecule has 1 aromatic rings. The Morgan fingerprint density at radius 2 is 1.80 bits per heavy atom. The van der Waals surface area contributed by atoms with Crippen LogP contribution in [-0.4, -0.2) is 11.2 Å². The SMILES string of the molecule is C=CC(O)C1(c2ccccc2)CCCC1. The van der Waals surface area contributed by atoms with Gasteiger partial charge >= 0.3 is 0 Å². The molecule has 1 aromatic carbocycles. The fraction of sp³-hybridized carbons (Fsp3) is 0.429. The van der Waals surface area contributed by atoms with Crippen molar-refractivity contribution in [1.29, 1.82) is 0 Å². The molecule has 1 N–H and O–H groups in total. The van der Waals surface area contributed by atoms with Crippen LogP contribution in [0.2, 0.25) is 0 Å². The van der Waals surface area contributed by atoms with E-state index in [1.54, 1.807) is 6.08 Å². The first kappa shape index (κ1) is 10.4. The predicted octanol–water partition coefficient (Wildman–Crippen LogP) is 3.05. The van der Waals surface area contributed by atoms with Crippen molar-refractivity contribution in [3.8, 4) is 0 Å². The molecule has 2 rings (SSSR count). The van der Waals surface area contributed by atoms with Crippen molar-refractivity contribution in [3.05, 3.63) is 48.6 Å². The number of hydrogen-bond donors (Lipinski definition) is 1. The van der Waals surface area contributed by atoms with Crippen LogP contribution in [0.3, 0.4) is 0 Å². The second kappa shape index (κ2) is 4.19. The molecular weight excluding hydrogens is 184 g/mol. The van der Waals surface area contributed by atoms with E-state index in [1.807, 2.05) is 18.2 Å². The van der Waals surface area contributed by atoms with Crippen molar-refractivity contribution in [2.45, 2.75) is 37.2 Å². The molecule has 0 aromatic heterocycles. The third kappa shape index (κ3) is 1.72. The molecule has 1 heteroatoms. The van der Waals surface area contributed by atoms with E-state index < -0.39 is 6.10 Å². The molecule has 80 valence electrons. The lowest BCUT2D eigenvalue weighted by molar-refractivity contribution is 0.125. The summed E-state index contributed by atoms with van der Waals surface area (Å²) in [6.07, 6.45) is 5.83. The summed E-state index contributed by atoms with van der Waals surface area (Å²) in [5, 5.41) is 10.1. The van der Waals surface area contributed by atoms with Crippen LogP contribution in [0.5, 0.6) is 0 Å². The standard InChI is InChI=1S/C14H18O/c1-2-13(15)14(10-6-7-11-14)12-8-4-3-5-9-12/h2-5,8-9,13,15H,1,6-7,10-11H2. The van der Waals surface area contributed by atoms with Gasteiger partial charge in [0.15, 0.2) is 0 Å². The first-order valence-corrected chi connectivity index (χ1v) is 5.66. The van der Waals surface area contributed by atoms with Crippen molar-refractivity contribution in [2.24, 2.45) is 0 Å². The van der Waals surface area contributed by atoms with Crippen molar-refractivity contribution in [3.63, 3.8) is 0 Å². The Bertz CT molecular complexity index is 322. The molecule has 0 aliphatic heterocycles. The van der Waals surface area contributed by atoms with Crippen molar-refractivity contribution >= 4 is 0 Å². The zero-order valence-corrected chi connectivity index (χ0v) is 9.02. The minimum absolute atomic E-state index is 0.0665. The topological polar surface area (TPSA) is 20.2 Å². The number of hydrogen-bond acceptors (Lipinski definition) is 1. The minimum atomic E-state index is -0.414. The maximum atomic E-state index is 10.1. The molecule has 15 heavy (non-hydrogen) atoms. The van der Waals surface area contributed by atoms with Gasteiger partial charge in [0.25, 0.3) is 0 Å². The fourth-order valence-electron chi connectivity index (χ4n) is 2.76. The quantitative estimate of drug-likeness (QED) is 0.747. The lowest BCUT2D eigenvalue weighted by atomic mass is 9.74. The maximum Gasteiger partial charge on any atom is 0.0814 e. The Labute approximate surface area is 91.4 Å². The molecule has 1 unspecified atom stereocenters. The third-order valence-corrected chi connectivity index (χ3v) is 3.63. The molecule has 1 aliphatic rings. The Kier molecular flexibility index (Phi) is 2.92. The van der Waals surface area contributed by atoms with Gasteiger partial charge in [-0.25, -0.2) is 0 Å². The summed E-state index contributed by atoms with van der Waals surface area (Å²) in [4.78, 5) is 0. The Morgan fingerprint density at radius 1 is 1.20 bits per heavy atom. The van der Waals surface area contributed by atoms with Gasteiger partial charge in [-0.1, -0.05) is 49.2 Å². The van der Waals surface area contributed by atoms with Crippen molar-refractivity contribution in [2.75, 3.05) is 0 Å².